The monoisotopic (exact) mass is 567 g/mol. The summed E-state index contributed by atoms with van der Waals surface area (Å²) in [6.45, 7) is 0. The summed E-state index contributed by atoms with van der Waals surface area (Å²) < 4.78 is 12.4. The third-order valence-corrected chi connectivity index (χ3v) is 6.26. The largest absolute Gasteiger partial charge is 0.497 e. The van der Waals surface area contributed by atoms with Crippen LogP contribution in [0, 0.1) is 13.7 Å². The van der Waals surface area contributed by atoms with Crippen LogP contribution in [0.4, 0.5) is 17.1 Å². The van der Waals surface area contributed by atoms with Crippen molar-refractivity contribution in [2.24, 2.45) is 0 Å². The number of halogens is 1. The van der Waals surface area contributed by atoms with Crippen LogP contribution in [0.2, 0.25) is 0 Å². The maximum absolute atomic E-state index is 13.6. The Morgan fingerprint density at radius 3 is 2.44 bits per heavy atom. The first-order chi connectivity index (χ1) is 16.4. The van der Waals surface area contributed by atoms with Crippen molar-refractivity contribution in [3.05, 3.63) is 104 Å². The lowest BCUT2D eigenvalue weighted by Crippen LogP contribution is -2.43. The number of methoxy groups -OCH3 is 1. The second-order valence-corrected chi connectivity index (χ2v) is 8.86. The predicted molar refractivity (Wildman–Crippen MR) is 136 cm³/mol. The normalized spacial score (nSPS) is 14.9. The fourth-order valence-corrected chi connectivity index (χ4v) is 4.38. The number of furan rings is 1. The van der Waals surface area contributed by atoms with E-state index >= 15 is 0 Å². The van der Waals surface area contributed by atoms with Gasteiger partial charge in [0.15, 0.2) is 6.17 Å². The van der Waals surface area contributed by atoms with Crippen LogP contribution in [0.15, 0.2) is 83.3 Å². The maximum Gasteiger partial charge on any atom is 0.269 e. The van der Waals surface area contributed by atoms with E-state index in [9.17, 15) is 14.9 Å². The molecule has 0 bridgehead atoms. The molecule has 170 valence electrons. The molecular formula is C25H18IN3O5. The molecule has 3 aromatic carbocycles. The maximum atomic E-state index is 13.6. The summed E-state index contributed by atoms with van der Waals surface area (Å²) in [6, 6.07) is 22.6. The number of benzene rings is 3. The van der Waals surface area contributed by atoms with Crippen LogP contribution in [0.25, 0.3) is 11.3 Å². The van der Waals surface area contributed by atoms with E-state index in [1.54, 1.807) is 48.4 Å². The van der Waals surface area contributed by atoms with Crippen molar-refractivity contribution in [3.8, 4) is 17.1 Å². The first kappa shape index (κ1) is 22.0. The van der Waals surface area contributed by atoms with E-state index in [2.05, 4.69) is 27.9 Å². The molecule has 8 nitrogen and oxygen atoms in total. The lowest BCUT2D eigenvalue weighted by molar-refractivity contribution is -0.384. The number of anilines is 2. The number of nitrogens with one attached hydrogen (secondary N) is 1. The highest BCUT2D eigenvalue weighted by Crippen LogP contribution is 2.39. The van der Waals surface area contributed by atoms with Crippen LogP contribution in [-0.4, -0.2) is 17.9 Å². The Morgan fingerprint density at radius 2 is 1.76 bits per heavy atom. The lowest BCUT2D eigenvalue weighted by atomic mass is 10.1. The van der Waals surface area contributed by atoms with Gasteiger partial charge < -0.3 is 14.5 Å². The summed E-state index contributed by atoms with van der Waals surface area (Å²) in [7, 11) is 1.59. The number of nitro benzene ring substituents is 1. The Balaban J connectivity index is 1.55. The average Bonchev–Trinajstić information content (AvgIpc) is 3.35. The van der Waals surface area contributed by atoms with E-state index in [0.29, 0.717) is 39.8 Å². The highest BCUT2D eigenvalue weighted by Gasteiger charge is 2.36. The van der Waals surface area contributed by atoms with Gasteiger partial charge in [-0.05, 0) is 89.3 Å². The Morgan fingerprint density at radius 1 is 1.03 bits per heavy atom. The zero-order valence-corrected chi connectivity index (χ0v) is 20.1. The summed E-state index contributed by atoms with van der Waals surface area (Å²) in [6.07, 6.45) is -0.597. The van der Waals surface area contributed by atoms with Gasteiger partial charge in [0.2, 0.25) is 0 Å². The van der Waals surface area contributed by atoms with Crippen LogP contribution >= 0.6 is 22.6 Å². The lowest BCUT2D eigenvalue weighted by Gasteiger charge is -2.36. The molecule has 4 aromatic rings. The van der Waals surface area contributed by atoms with Crippen LogP contribution in [-0.2, 0) is 0 Å². The number of ether oxygens (including phenoxy) is 1. The summed E-state index contributed by atoms with van der Waals surface area (Å²) in [5.74, 6) is 1.60. The molecule has 1 aliphatic heterocycles. The SMILES string of the molecule is COc1ccc(N2C(=O)c3cc(I)ccc3NC2c2ccc(-c3ccc([N+](=O)[O-])cc3)o2)cc1. The number of amides is 1. The summed E-state index contributed by atoms with van der Waals surface area (Å²) in [4.78, 5) is 25.8. The van der Waals surface area contributed by atoms with Gasteiger partial charge in [0.25, 0.3) is 11.6 Å². The summed E-state index contributed by atoms with van der Waals surface area (Å²) >= 11 is 2.18. The van der Waals surface area contributed by atoms with Gasteiger partial charge >= 0.3 is 0 Å². The minimum Gasteiger partial charge on any atom is -0.497 e. The third-order valence-electron chi connectivity index (χ3n) is 5.59. The highest BCUT2D eigenvalue weighted by atomic mass is 127. The van der Waals surface area contributed by atoms with E-state index < -0.39 is 11.1 Å². The third kappa shape index (κ3) is 3.98. The fourth-order valence-electron chi connectivity index (χ4n) is 3.89. The highest BCUT2D eigenvalue weighted by molar-refractivity contribution is 14.1. The number of rotatable bonds is 5. The van der Waals surface area contributed by atoms with Gasteiger partial charge in [-0.25, -0.2) is 0 Å². The molecular weight excluding hydrogens is 549 g/mol. The van der Waals surface area contributed by atoms with E-state index in [4.69, 9.17) is 9.15 Å². The number of carbonyl (C=O) groups excluding carboxylic acids is 1. The number of fused-ring (bicyclic) bond motifs is 1. The zero-order chi connectivity index (χ0) is 23.8. The molecule has 9 heteroatoms. The molecule has 0 fully saturated rings. The van der Waals surface area contributed by atoms with Gasteiger partial charge in [0, 0.05) is 32.6 Å². The van der Waals surface area contributed by atoms with Crippen molar-refractivity contribution in [1.29, 1.82) is 0 Å². The van der Waals surface area contributed by atoms with Crippen molar-refractivity contribution in [3.63, 3.8) is 0 Å². The quantitative estimate of drug-likeness (QED) is 0.174. The average molecular weight is 567 g/mol. The van der Waals surface area contributed by atoms with Crippen LogP contribution < -0.4 is 15.0 Å². The number of nitrogens with zero attached hydrogens (tertiary/aromatic N) is 2. The standard InChI is InChI=1S/C25H18IN3O5/c1-33-19-9-7-17(8-10-19)28-24(27-21-11-4-16(26)14-20(21)25(28)30)23-13-12-22(34-23)15-2-5-18(6-3-15)29(31)32/h2-14,24,27H,1H3. The van der Waals surface area contributed by atoms with E-state index in [-0.39, 0.29) is 11.6 Å². The Hall–Kier alpha value is -3.86. The first-order valence-corrected chi connectivity index (χ1v) is 11.4. The summed E-state index contributed by atoms with van der Waals surface area (Å²) in [5.41, 5.74) is 2.67. The zero-order valence-electron chi connectivity index (χ0n) is 17.9. The van der Waals surface area contributed by atoms with E-state index in [1.165, 1.54) is 12.1 Å². The minimum absolute atomic E-state index is 0.00648. The topological polar surface area (TPSA) is 97.8 Å². The van der Waals surface area contributed by atoms with Crippen LogP contribution in [0.5, 0.6) is 5.75 Å². The minimum atomic E-state index is -0.597. The van der Waals surface area contributed by atoms with Crippen molar-refractivity contribution in [1.82, 2.24) is 0 Å². The van der Waals surface area contributed by atoms with E-state index in [1.807, 2.05) is 30.3 Å². The Kier molecular flexibility index (Phi) is 5.70. The summed E-state index contributed by atoms with van der Waals surface area (Å²) in [5, 5.41) is 14.4. The molecule has 1 aliphatic rings. The number of nitro groups is 1. The van der Waals surface area contributed by atoms with Crippen LogP contribution in [0.3, 0.4) is 0 Å². The number of hydrogen-bond acceptors (Lipinski definition) is 6. The number of hydrogen-bond donors (Lipinski definition) is 1. The first-order valence-electron chi connectivity index (χ1n) is 10.3. The Labute approximate surface area is 208 Å². The molecule has 34 heavy (non-hydrogen) atoms. The molecule has 1 amide bonds. The fraction of sp³-hybridized carbons (Fsp3) is 0.0800. The van der Waals surface area contributed by atoms with E-state index in [0.717, 1.165) is 3.57 Å². The Bertz CT molecular complexity index is 1380. The van der Waals surface area contributed by atoms with Gasteiger partial charge in [0.05, 0.1) is 17.6 Å². The molecule has 1 N–H and O–H groups in total. The second-order valence-electron chi connectivity index (χ2n) is 7.62. The molecule has 5 rings (SSSR count). The van der Waals surface area contributed by atoms with Crippen molar-refractivity contribution in [2.75, 3.05) is 17.3 Å². The van der Waals surface area contributed by atoms with Crippen molar-refractivity contribution in [2.45, 2.75) is 6.17 Å². The van der Waals surface area contributed by atoms with Gasteiger partial charge in [-0.1, -0.05) is 0 Å². The van der Waals surface area contributed by atoms with Crippen molar-refractivity contribution >= 4 is 45.6 Å². The van der Waals surface area contributed by atoms with Crippen molar-refractivity contribution < 1.29 is 18.9 Å². The van der Waals surface area contributed by atoms with Gasteiger partial charge in [0.1, 0.15) is 17.3 Å². The van der Waals surface area contributed by atoms with Crippen LogP contribution in [0.1, 0.15) is 22.3 Å². The molecule has 1 aromatic heterocycles. The molecule has 0 radical (unpaired) electrons. The van der Waals surface area contributed by atoms with Gasteiger partial charge in [-0.3, -0.25) is 19.8 Å². The van der Waals surface area contributed by atoms with Gasteiger partial charge in [-0.2, -0.15) is 0 Å². The second kappa shape index (κ2) is 8.82. The molecule has 2 heterocycles. The molecule has 0 saturated carbocycles. The molecule has 0 aliphatic carbocycles. The van der Waals surface area contributed by atoms with Gasteiger partial charge in [-0.15, -0.1) is 0 Å². The number of non-ortho nitro benzene ring substituents is 1. The molecule has 1 unspecified atom stereocenters. The number of carbonyl (C=O) groups is 1. The predicted octanol–water partition coefficient (Wildman–Crippen LogP) is 6.24. The molecule has 0 saturated heterocycles. The smallest absolute Gasteiger partial charge is 0.269 e. The molecule has 1 atom stereocenters. The molecule has 0 spiro atoms.